The lowest BCUT2D eigenvalue weighted by molar-refractivity contribution is 0.0786. The molecule has 3 rings (SSSR count). The Morgan fingerprint density at radius 1 is 1.21 bits per heavy atom. The van der Waals surface area contributed by atoms with Gasteiger partial charge < -0.3 is 14.8 Å². The predicted molar refractivity (Wildman–Crippen MR) is 116 cm³/mol. The van der Waals surface area contributed by atoms with Crippen molar-refractivity contribution in [3.05, 3.63) is 47.0 Å². The standard InChI is InChI=1S/C23H32N4O2/c1-5-6-14-26(4)23(29)20-19-9-7-8-15-27(19)21(25-20)22(28)24-18-12-10-17(11-13-18)16(2)3/h10-13,16H,5-9,14-15H2,1-4H3,(H,24,28). The molecular weight excluding hydrogens is 364 g/mol. The third-order valence-corrected chi connectivity index (χ3v) is 5.55. The molecule has 0 saturated heterocycles. The summed E-state index contributed by atoms with van der Waals surface area (Å²) in [6.45, 7) is 7.81. The van der Waals surface area contributed by atoms with E-state index in [-0.39, 0.29) is 11.8 Å². The topological polar surface area (TPSA) is 67.2 Å². The highest BCUT2D eigenvalue weighted by molar-refractivity contribution is 6.03. The number of hydrogen-bond donors (Lipinski definition) is 1. The number of benzene rings is 1. The Hall–Kier alpha value is -2.63. The number of carbonyl (C=O) groups excluding carboxylic acids is 2. The van der Waals surface area contributed by atoms with Gasteiger partial charge in [0.05, 0.1) is 5.69 Å². The molecule has 0 aliphatic carbocycles. The largest absolute Gasteiger partial charge is 0.340 e. The fraction of sp³-hybridized carbons (Fsp3) is 0.522. The Labute approximate surface area is 173 Å². The summed E-state index contributed by atoms with van der Waals surface area (Å²) in [6, 6.07) is 7.88. The van der Waals surface area contributed by atoms with E-state index in [1.54, 1.807) is 4.90 Å². The summed E-state index contributed by atoms with van der Waals surface area (Å²) >= 11 is 0. The van der Waals surface area contributed by atoms with E-state index in [2.05, 4.69) is 31.1 Å². The lowest BCUT2D eigenvalue weighted by Crippen LogP contribution is -2.29. The molecule has 0 unspecified atom stereocenters. The van der Waals surface area contributed by atoms with Gasteiger partial charge in [0.25, 0.3) is 11.8 Å². The number of nitrogens with one attached hydrogen (secondary N) is 1. The number of amides is 2. The monoisotopic (exact) mass is 396 g/mol. The maximum atomic E-state index is 13.0. The maximum absolute atomic E-state index is 13.0. The summed E-state index contributed by atoms with van der Waals surface area (Å²) in [5, 5.41) is 2.94. The van der Waals surface area contributed by atoms with Gasteiger partial charge in [-0.2, -0.15) is 0 Å². The minimum absolute atomic E-state index is 0.0931. The number of unbranched alkanes of at least 4 members (excludes halogenated alkanes) is 1. The quantitative estimate of drug-likeness (QED) is 0.751. The van der Waals surface area contributed by atoms with Crippen LogP contribution in [0.3, 0.4) is 0 Å². The number of nitrogens with zero attached hydrogens (tertiary/aromatic N) is 3. The highest BCUT2D eigenvalue weighted by atomic mass is 16.2. The van der Waals surface area contributed by atoms with Gasteiger partial charge >= 0.3 is 0 Å². The summed E-state index contributed by atoms with van der Waals surface area (Å²) in [5.74, 6) is 0.419. The van der Waals surface area contributed by atoms with E-state index in [0.717, 1.165) is 50.0 Å². The van der Waals surface area contributed by atoms with Crippen molar-refractivity contribution in [1.82, 2.24) is 14.5 Å². The second-order valence-electron chi connectivity index (χ2n) is 8.15. The predicted octanol–water partition coefficient (Wildman–Crippen LogP) is 4.47. The summed E-state index contributed by atoms with van der Waals surface area (Å²) in [5.41, 5.74) is 3.29. The highest BCUT2D eigenvalue weighted by Gasteiger charge is 2.28. The van der Waals surface area contributed by atoms with E-state index in [1.807, 2.05) is 35.9 Å². The molecule has 29 heavy (non-hydrogen) atoms. The Morgan fingerprint density at radius 2 is 1.93 bits per heavy atom. The van der Waals surface area contributed by atoms with Crippen molar-refractivity contribution < 1.29 is 9.59 Å². The van der Waals surface area contributed by atoms with Crippen molar-refractivity contribution >= 4 is 17.5 Å². The Kier molecular flexibility index (Phi) is 6.72. The molecule has 1 aliphatic rings. The fourth-order valence-electron chi connectivity index (χ4n) is 3.70. The number of anilines is 1. The zero-order valence-electron chi connectivity index (χ0n) is 18.0. The lowest BCUT2D eigenvalue weighted by Gasteiger charge is -2.19. The van der Waals surface area contributed by atoms with Crippen LogP contribution in [-0.2, 0) is 13.0 Å². The van der Waals surface area contributed by atoms with Crippen LogP contribution in [0.4, 0.5) is 5.69 Å². The van der Waals surface area contributed by atoms with Crippen LogP contribution >= 0.6 is 0 Å². The molecule has 2 amide bonds. The summed E-state index contributed by atoms with van der Waals surface area (Å²) in [4.78, 5) is 32.1. The van der Waals surface area contributed by atoms with Crippen LogP contribution in [0, 0.1) is 0 Å². The highest BCUT2D eigenvalue weighted by Crippen LogP contribution is 2.23. The van der Waals surface area contributed by atoms with E-state index >= 15 is 0 Å². The van der Waals surface area contributed by atoms with Crippen LogP contribution in [0.25, 0.3) is 0 Å². The second-order valence-corrected chi connectivity index (χ2v) is 8.15. The molecule has 1 aromatic heterocycles. The van der Waals surface area contributed by atoms with Gasteiger partial charge in [0.1, 0.15) is 5.69 Å². The van der Waals surface area contributed by atoms with Crippen molar-refractivity contribution in [2.24, 2.45) is 0 Å². The fourth-order valence-corrected chi connectivity index (χ4v) is 3.70. The summed E-state index contributed by atoms with van der Waals surface area (Å²) in [7, 11) is 1.81. The van der Waals surface area contributed by atoms with Crippen molar-refractivity contribution in [1.29, 1.82) is 0 Å². The van der Waals surface area contributed by atoms with Crippen molar-refractivity contribution in [3.63, 3.8) is 0 Å². The van der Waals surface area contributed by atoms with Gasteiger partial charge in [-0.25, -0.2) is 4.98 Å². The first kappa shape index (κ1) is 21.1. The molecule has 0 bridgehead atoms. The van der Waals surface area contributed by atoms with Crippen molar-refractivity contribution in [2.75, 3.05) is 18.9 Å². The number of fused-ring (bicyclic) bond motifs is 1. The van der Waals surface area contributed by atoms with E-state index in [9.17, 15) is 9.59 Å². The molecular formula is C23H32N4O2. The summed E-state index contributed by atoms with van der Waals surface area (Å²) in [6.07, 6.45) is 4.78. The van der Waals surface area contributed by atoms with E-state index < -0.39 is 0 Å². The van der Waals surface area contributed by atoms with Gasteiger partial charge in [0, 0.05) is 25.8 Å². The maximum Gasteiger partial charge on any atom is 0.291 e. The average molecular weight is 397 g/mol. The first-order valence-electron chi connectivity index (χ1n) is 10.7. The third kappa shape index (κ3) is 4.69. The van der Waals surface area contributed by atoms with E-state index in [1.165, 1.54) is 5.56 Å². The van der Waals surface area contributed by atoms with Crippen LogP contribution in [0.2, 0.25) is 0 Å². The molecule has 0 radical (unpaired) electrons. The van der Waals surface area contributed by atoms with E-state index in [4.69, 9.17) is 0 Å². The van der Waals surface area contributed by atoms with Crippen LogP contribution in [0.1, 0.15) is 84.7 Å². The van der Waals surface area contributed by atoms with Gasteiger partial charge in [-0.15, -0.1) is 0 Å². The van der Waals surface area contributed by atoms with E-state index in [0.29, 0.717) is 24.0 Å². The van der Waals surface area contributed by atoms with Gasteiger partial charge in [0.2, 0.25) is 0 Å². The smallest absolute Gasteiger partial charge is 0.291 e. The summed E-state index contributed by atoms with van der Waals surface area (Å²) < 4.78 is 1.93. The molecule has 2 heterocycles. The van der Waals surface area contributed by atoms with Crippen molar-refractivity contribution in [2.45, 2.75) is 65.3 Å². The van der Waals surface area contributed by atoms with Crippen LogP contribution < -0.4 is 5.32 Å². The number of imidazole rings is 1. The third-order valence-electron chi connectivity index (χ3n) is 5.55. The number of hydrogen-bond acceptors (Lipinski definition) is 3. The van der Waals surface area contributed by atoms with Gasteiger partial charge in [-0.1, -0.05) is 39.3 Å². The molecule has 1 aromatic carbocycles. The lowest BCUT2D eigenvalue weighted by atomic mass is 10.0. The normalized spacial score (nSPS) is 13.3. The minimum Gasteiger partial charge on any atom is -0.340 e. The first-order valence-corrected chi connectivity index (χ1v) is 10.7. The van der Waals surface area contributed by atoms with Crippen molar-refractivity contribution in [3.8, 4) is 0 Å². The van der Waals surface area contributed by atoms with Crippen LogP contribution in [0.15, 0.2) is 24.3 Å². The number of carbonyl (C=O) groups is 2. The molecule has 2 aromatic rings. The first-order chi connectivity index (χ1) is 13.9. The molecule has 1 aliphatic heterocycles. The molecule has 1 N–H and O–H groups in total. The van der Waals surface area contributed by atoms with Gasteiger partial charge in [0.15, 0.2) is 5.82 Å². The van der Waals surface area contributed by atoms with Gasteiger partial charge in [-0.05, 0) is 49.3 Å². The average Bonchev–Trinajstić information content (AvgIpc) is 3.11. The minimum atomic E-state index is -0.263. The molecule has 6 heteroatoms. The zero-order valence-corrected chi connectivity index (χ0v) is 18.0. The molecule has 0 fully saturated rings. The number of aromatic nitrogens is 2. The van der Waals surface area contributed by atoms with Crippen LogP contribution in [0.5, 0.6) is 0 Å². The second kappa shape index (κ2) is 9.25. The molecule has 0 saturated carbocycles. The zero-order chi connectivity index (χ0) is 21.0. The molecule has 6 nitrogen and oxygen atoms in total. The number of rotatable bonds is 7. The Morgan fingerprint density at radius 3 is 2.59 bits per heavy atom. The van der Waals surface area contributed by atoms with Gasteiger partial charge in [-0.3, -0.25) is 9.59 Å². The molecule has 0 atom stereocenters. The SMILES string of the molecule is CCCCN(C)C(=O)c1nc(C(=O)Nc2ccc(C(C)C)cc2)n2c1CCCC2. The molecule has 0 spiro atoms. The van der Waals surface area contributed by atoms with Crippen LogP contribution in [-0.4, -0.2) is 39.9 Å². The Balaban J connectivity index is 1.84. The molecule has 156 valence electrons. The Bertz CT molecular complexity index is 868.